The highest BCUT2D eigenvalue weighted by atomic mass is 15.4. The zero-order chi connectivity index (χ0) is 16.8. The maximum absolute atomic E-state index is 4.77. The van der Waals surface area contributed by atoms with E-state index in [4.69, 9.17) is 5.10 Å². The second-order valence-corrected chi connectivity index (χ2v) is 6.93. The molecule has 0 N–H and O–H groups in total. The van der Waals surface area contributed by atoms with Crippen LogP contribution in [0.25, 0.3) is 5.65 Å². The van der Waals surface area contributed by atoms with Gasteiger partial charge in [-0.05, 0) is 38.1 Å². The lowest BCUT2D eigenvalue weighted by molar-refractivity contribution is 0.192. The molecule has 2 aliphatic rings. The van der Waals surface area contributed by atoms with Crippen LogP contribution in [-0.4, -0.2) is 60.9 Å². The molecule has 1 saturated carbocycles. The van der Waals surface area contributed by atoms with Crippen molar-refractivity contribution in [3.05, 3.63) is 42.2 Å². The Kier molecular flexibility index (Phi) is 3.37. The van der Waals surface area contributed by atoms with Gasteiger partial charge in [0.05, 0.1) is 6.54 Å². The van der Waals surface area contributed by atoms with Crippen LogP contribution in [0.15, 0.2) is 30.6 Å². The number of aromatic nitrogens is 6. The lowest BCUT2D eigenvalue weighted by Crippen LogP contribution is -2.58. The van der Waals surface area contributed by atoms with Crippen LogP contribution in [0, 0.1) is 0 Å². The van der Waals surface area contributed by atoms with E-state index < -0.39 is 0 Å². The van der Waals surface area contributed by atoms with E-state index in [9.17, 15) is 0 Å². The van der Waals surface area contributed by atoms with Crippen LogP contribution < -0.4 is 4.90 Å². The van der Waals surface area contributed by atoms with Crippen LogP contribution in [0.2, 0.25) is 0 Å². The third-order valence-electron chi connectivity index (χ3n) is 5.04. The molecule has 5 rings (SSSR count). The van der Waals surface area contributed by atoms with E-state index in [0.29, 0.717) is 12.0 Å². The van der Waals surface area contributed by atoms with Crippen molar-refractivity contribution in [2.24, 2.45) is 0 Å². The Balaban J connectivity index is 1.27. The van der Waals surface area contributed by atoms with Crippen LogP contribution in [0.5, 0.6) is 0 Å². The molecule has 1 saturated heterocycles. The van der Waals surface area contributed by atoms with E-state index in [1.165, 1.54) is 12.8 Å². The summed E-state index contributed by atoms with van der Waals surface area (Å²) in [6, 6.07) is 6.38. The molecule has 2 fully saturated rings. The number of hydrogen-bond donors (Lipinski definition) is 0. The predicted octanol–water partition coefficient (Wildman–Crippen LogP) is 1.11. The first-order valence-corrected chi connectivity index (χ1v) is 8.71. The van der Waals surface area contributed by atoms with Crippen molar-refractivity contribution in [1.82, 2.24) is 34.7 Å². The SMILES string of the molecule is CN(Cc1ncccn1)C1CN(c2ccc3nnc(C4CC4)n3n2)C1. The molecule has 8 nitrogen and oxygen atoms in total. The van der Waals surface area contributed by atoms with Gasteiger partial charge in [-0.15, -0.1) is 15.3 Å². The summed E-state index contributed by atoms with van der Waals surface area (Å²) < 4.78 is 1.92. The van der Waals surface area contributed by atoms with Gasteiger partial charge in [0, 0.05) is 37.4 Å². The second kappa shape index (κ2) is 5.73. The summed E-state index contributed by atoms with van der Waals surface area (Å²) in [5, 5.41) is 13.3. The van der Waals surface area contributed by atoms with E-state index in [0.717, 1.165) is 42.7 Å². The molecule has 0 spiro atoms. The first kappa shape index (κ1) is 14.7. The number of likely N-dealkylation sites (N-methyl/N-ethyl adjacent to an activating group) is 1. The summed E-state index contributed by atoms with van der Waals surface area (Å²) in [6.07, 6.45) is 5.98. The van der Waals surface area contributed by atoms with Crippen molar-refractivity contribution >= 4 is 11.5 Å². The van der Waals surface area contributed by atoms with Crippen molar-refractivity contribution in [2.75, 3.05) is 25.0 Å². The van der Waals surface area contributed by atoms with Crippen molar-refractivity contribution in [1.29, 1.82) is 0 Å². The molecule has 0 unspecified atom stereocenters. The maximum Gasteiger partial charge on any atom is 0.178 e. The average Bonchev–Trinajstić information content (AvgIpc) is 3.34. The van der Waals surface area contributed by atoms with Crippen molar-refractivity contribution in [3.8, 4) is 0 Å². The van der Waals surface area contributed by atoms with Gasteiger partial charge in [-0.25, -0.2) is 9.97 Å². The molecule has 0 atom stereocenters. The molecule has 0 bridgehead atoms. The zero-order valence-electron chi connectivity index (χ0n) is 14.2. The number of anilines is 1. The van der Waals surface area contributed by atoms with Gasteiger partial charge in [0.25, 0.3) is 0 Å². The summed E-state index contributed by atoms with van der Waals surface area (Å²) in [6.45, 7) is 2.69. The fourth-order valence-corrected chi connectivity index (χ4v) is 3.25. The number of hydrogen-bond acceptors (Lipinski definition) is 7. The molecule has 0 radical (unpaired) electrons. The van der Waals surface area contributed by atoms with E-state index in [-0.39, 0.29) is 0 Å². The van der Waals surface area contributed by atoms with Crippen LogP contribution in [0.1, 0.15) is 30.4 Å². The van der Waals surface area contributed by atoms with Crippen molar-refractivity contribution in [3.63, 3.8) is 0 Å². The molecular weight excluding hydrogens is 316 g/mol. The van der Waals surface area contributed by atoms with Crippen molar-refractivity contribution < 1.29 is 0 Å². The summed E-state index contributed by atoms with van der Waals surface area (Å²) in [7, 11) is 2.12. The largest absolute Gasteiger partial charge is 0.352 e. The average molecular weight is 336 g/mol. The summed E-state index contributed by atoms with van der Waals surface area (Å²) in [5.41, 5.74) is 0.834. The third kappa shape index (κ3) is 2.72. The molecule has 3 aromatic heterocycles. The molecule has 8 heteroatoms. The predicted molar refractivity (Wildman–Crippen MR) is 92.3 cm³/mol. The second-order valence-electron chi connectivity index (χ2n) is 6.93. The van der Waals surface area contributed by atoms with E-state index >= 15 is 0 Å². The molecule has 4 heterocycles. The fourth-order valence-electron chi connectivity index (χ4n) is 3.25. The van der Waals surface area contributed by atoms with Crippen LogP contribution in [0.3, 0.4) is 0 Å². The van der Waals surface area contributed by atoms with Crippen LogP contribution >= 0.6 is 0 Å². The topological polar surface area (TPSA) is 75.3 Å². The van der Waals surface area contributed by atoms with E-state index in [1.807, 2.05) is 22.7 Å². The smallest absolute Gasteiger partial charge is 0.178 e. The zero-order valence-corrected chi connectivity index (χ0v) is 14.2. The molecule has 0 aromatic carbocycles. The Labute approximate surface area is 145 Å². The highest BCUT2D eigenvalue weighted by Crippen LogP contribution is 2.38. The molecule has 25 heavy (non-hydrogen) atoms. The summed E-state index contributed by atoms with van der Waals surface area (Å²) >= 11 is 0. The number of rotatable bonds is 5. The monoisotopic (exact) mass is 336 g/mol. The minimum absolute atomic E-state index is 0.491. The number of fused-ring (bicyclic) bond motifs is 1. The van der Waals surface area contributed by atoms with E-state index in [2.05, 4.69) is 37.0 Å². The van der Waals surface area contributed by atoms with Gasteiger partial charge in [-0.2, -0.15) is 4.52 Å². The molecule has 1 aliphatic heterocycles. The maximum atomic E-state index is 4.77. The standard InChI is InChI=1S/C17H20N8/c1-23(11-14-18-7-2-8-19-14)13-9-24(10-13)16-6-5-15-20-21-17(12-3-4-12)25(15)22-16/h2,5-8,12-13H,3-4,9-11H2,1H3. The van der Waals surface area contributed by atoms with Crippen molar-refractivity contribution in [2.45, 2.75) is 31.3 Å². The van der Waals surface area contributed by atoms with E-state index in [1.54, 1.807) is 12.4 Å². The quantitative estimate of drug-likeness (QED) is 0.691. The van der Waals surface area contributed by atoms with Gasteiger partial charge in [0.2, 0.25) is 0 Å². The molecule has 3 aromatic rings. The minimum Gasteiger partial charge on any atom is -0.352 e. The van der Waals surface area contributed by atoms with Gasteiger partial charge in [-0.3, -0.25) is 4.90 Å². The normalized spacial score (nSPS) is 18.1. The van der Waals surface area contributed by atoms with Gasteiger partial charge in [0.1, 0.15) is 11.6 Å². The third-order valence-corrected chi connectivity index (χ3v) is 5.04. The Morgan fingerprint density at radius 3 is 2.68 bits per heavy atom. The Morgan fingerprint density at radius 1 is 1.12 bits per heavy atom. The molecule has 0 amide bonds. The Hall–Kier alpha value is -2.61. The first-order valence-electron chi connectivity index (χ1n) is 8.71. The van der Waals surface area contributed by atoms with Crippen LogP contribution in [-0.2, 0) is 6.54 Å². The van der Waals surface area contributed by atoms with Gasteiger partial charge >= 0.3 is 0 Å². The Bertz CT molecular complexity index is 882. The first-order chi connectivity index (χ1) is 12.3. The molecule has 128 valence electrons. The number of nitrogens with zero attached hydrogens (tertiary/aromatic N) is 8. The highest BCUT2D eigenvalue weighted by molar-refractivity contribution is 5.48. The highest BCUT2D eigenvalue weighted by Gasteiger charge is 2.33. The lowest BCUT2D eigenvalue weighted by Gasteiger charge is -2.44. The summed E-state index contributed by atoms with van der Waals surface area (Å²) in [4.78, 5) is 13.2. The van der Waals surface area contributed by atoms with Crippen LogP contribution in [0.4, 0.5) is 5.82 Å². The van der Waals surface area contributed by atoms with Gasteiger partial charge < -0.3 is 4.90 Å². The fraction of sp³-hybridized carbons (Fsp3) is 0.471. The Morgan fingerprint density at radius 2 is 1.92 bits per heavy atom. The summed E-state index contributed by atoms with van der Waals surface area (Å²) in [5.74, 6) is 3.41. The molecule has 1 aliphatic carbocycles. The lowest BCUT2D eigenvalue weighted by atomic mass is 10.1. The van der Waals surface area contributed by atoms with Gasteiger partial charge in [-0.1, -0.05) is 0 Å². The molecular formula is C17H20N8. The van der Waals surface area contributed by atoms with Gasteiger partial charge in [0.15, 0.2) is 11.5 Å². The minimum atomic E-state index is 0.491.